The summed E-state index contributed by atoms with van der Waals surface area (Å²) in [6.07, 6.45) is 3.83. The summed E-state index contributed by atoms with van der Waals surface area (Å²) >= 11 is 0. The maximum absolute atomic E-state index is 12.0. The first-order valence-corrected chi connectivity index (χ1v) is 8.63. The van der Waals surface area contributed by atoms with Crippen LogP contribution in [0.5, 0.6) is 5.75 Å². The SMILES string of the molecule is CCc1ccc2c(COC(=O)/C=C/c3cccc(OC)c3)cc(=O)oc2c1. The molecule has 138 valence electrons. The minimum atomic E-state index is -0.496. The van der Waals surface area contributed by atoms with E-state index in [0.717, 1.165) is 22.9 Å². The molecule has 2 aromatic carbocycles. The summed E-state index contributed by atoms with van der Waals surface area (Å²) < 4.78 is 15.7. The second-order valence-corrected chi connectivity index (χ2v) is 5.99. The number of fused-ring (bicyclic) bond motifs is 1. The molecule has 0 spiro atoms. The van der Waals surface area contributed by atoms with Crippen LogP contribution in [0.15, 0.2) is 63.8 Å². The van der Waals surface area contributed by atoms with Gasteiger partial charge in [0.05, 0.1) is 7.11 Å². The van der Waals surface area contributed by atoms with Gasteiger partial charge in [-0.2, -0.15) is 0 Å². The number of ether oxygens (including phenoxy) is 2. The van der Waals surface area contributed by atoms with E-state index < -0.39 is 11.6 Å². The number of hydrogen-bond donors (Lipinski definition) is 0. The molecule has 0 unspecified atom stereocenters. The molecule has 1 aromatic heterocycles. The summed E-state index contributed by atoms with van der Waals surface area (Å²) in [7, 11) is 1.58. The molecule has 0 aliphatic heterocycles. The van der Waals surface area contributed by atoms with Crippen LogP contribution in [0.2, 0.25) is 0 Å². The van der Waals surface area contributed by atoms with Crippen molar-refractivity contribution >= 4 is 23.0 Å². The van der Waals surface area contributed by atoms with Crippen molar-refractivity contribution in [2.75, 3.05) is 7.11 Å². The fraction of sp³-hybridized carbons (Fsp3) is 0.182. The van der Waals surface area contributed by atoms with Crippen molar-refractivity contribution in [1.82, 2.24) is 0 Å². The summed E-state index contributed by atoms with van der Waals surface area (Å²) in [4.78, 5) is 23.8. The first kappa shape index (κ1) is 18.5. The van der Waals surface area contributed by atoms with Gasteiger partial charge in [-0.25, -0.2) is 9.59 Å². The lowest BCUT2D eigenvalue weighted by Gasteiger charge is -2.07. The fourth-order valence-corrected chi connectivity index (χ4v) is 2.72. The van der Waals surface area contributed by atoms with Gasteiger partial charge < -0.3 is 13.9 Å². The highest BCUT2D eigenvalue weighted by molar-refractivity contribution is 5.87. The van der Waals surface area contributed by atoms with Gasteiger partial charge in [0, 0.05) is 23.1 Å². The Hall–Kier alpha value is -3.34. The average molecular weight is 364 g/mol. The van der Waals surface area contributed by atoms with Crippen molar-refractivity contribution in [3.05, 3.63) is 81.7 Å². The van der Waals surface area contributed by atoms with Crippen molar-refractivity contribution in [3.8, 4) is 5.75 Å². The highest BCUT2D eigenvalue weighted by Crippen LogP contribution is 2.20. The average Bonchev–Trinajstić information content (AvgIpc) is 2.69. The molecule has 3 aromatic rings. The number of esters is 1. The molecule has 0 radical (unpaired) electrons. The Labute approximate surface area is 156 Å². The second-order valence-electron chi connectivity index (χ2n) is 5.99. The fourth-order valence-electron chi connectivity index (χ4n) is 2.72. The van der Waals surface area contributed by atoms with Gasteiger partial charge in [0.1, 0.15) is 17.9 Å². The van der Waals surface area contributed by atoms with Gasteiger partial charge in [-0.05, 0) is 41.8 Å². The lowest BCUT2D eigenvalue weighted by Crippen LogP contribution is -2.05. The van der Waals surface area contributed by atoms with Crippen LogP contribution in [0.25, 0.3) is 17.0 Å². The first-order valence-electron chi connectivity index (χ1n) is 8.63. The van der Waals surface area contributed by atoms with Crippen molar-refractivity contribution in [2.24, 2.45) is 0 Å². The number of carbonyl (C=O) groups is 1. The number of carbonyl (C=O) groups excluding carboxylic acids is 1. The quantitative estimate of drug-likeness (QED) is 0.374. The van der Waals surface area contributed by atoms with Crippen LogP contribution in [0, 0.1) is 0 Å². The van der Waals surface area contributed by atoms with Gasteiger partial charge >= 0.3 is 11.6 Å². The molecule has 0 saturated heterocycles. The van der Waals surface area contributed by atoms with Gasteiger partial charge in [0.25, 0.3) is 0 Å². The third kappa shape index (κ3) is 4.64. The van der Waals surface area contributed by atoms with Crippen molar-refractivity contribution in [1.29, 1.82) is 0 Å². The maximum atomic E-state index is 12.0. The van der Waals surface area contributed by atoms with Crippen LogP contribution in [-0.4, -0.2) is 13.1 Å². The first-order chi connectivity index (χ1) is 13.1. The topological polar surface area (TPSA) is 65.7 Å². The molecule has 0 N–H and O–H groups in total. The smallest absolute Gasteiger partial charge is 0.336 e. The van der Waals surface area contributed by atoms with Crippen LogP contribution in [0.3, 0.4) is 0 Å². The van der Waals surface area contributed by atoms with Gasteiger partial charge in [-0.3, -0.25) is 0 Å². The molecule has 5 nitrogen and oxygen atoms in total. The molecule has 1 heterocycles. The zero-order valence-corrected chi connectivity index (χ0v) is 15.2. The summed E-state index contributed by atoms with van der Waals surface area (Å²) in [6.45, 7) is 2.02. The van der Waals surface area contributed by atoms with Gasteiger partial charge in [-0.15, -0.1) is 0 Å². The lowest BCUT2D eigenvalue weighted by molar-refractivity contribution is -0.138. The summed E-state index contributed by atoms with van der Waals surface area (Å²) in [5.74, 6) is 0.212. The van der Waals surface area contributed by atoms with Crippen molar-refractivity contribution in [3.63, 3.8) is 0 Å². The van der Waals surface area contributed by atoms with E-state index in [9.17, 15) is 9.59 Å². The van der Waals surface area contributed by atoms with Crippen LogP contribution in [0.1, 0.15) is 23.6 Å². The highest BCUT2D eigenvalue weighted by Gasteiger charge is 2.08. The molecule has 5 heteroatoms. The molecule has 0 atom stereocenters. The molecular formula is C22H20O5. The third-order valence-electron chi connectivity index (χ3n) is 4.18. The molecule has 0 saturated carbocycles. The largest absolute Gasteiger partial charge is 0.497 e. The van der Waals surface area contributed by atoms with Gasteiger partial charge in [0.15, 0.2) is 0 Å². The number of aryl methyl sites for hydroxylation is 1. The van der Waals surface area contributed by atoms with Crippen LogP contribution >= 0.6 is 0 Å². The second kappa shape index (κ2) is 8.36. The molecule has 27 heavy (non-hydrogen) atoms. The molecule has 3 rings (SSSR count). The molecular weight excluding hydrogens is 344 g/mol. The van der Waals surface area contributed by atoms with E-state index in [-0.39, 0.29) is 6.61 Å². The van der Waals surface area contributed by atoms with E-state index in [1.807, 2.05) is 49.4 Å². The van der Waals surface area contributed by atoms with E-state index in [4.69, 9.17) is 13.9 Å². The highest BCUT2D eigenvalue weighted by atomic mass is 16.5. The Bertz CT molecular complexity index is 1050. The zero-order chi connectivity index (χ0) is 19.2. The number of methoxy groups -OCH3 is 1. The Morgan fingerprint density at radius 3 is 2.78 bits per heavy atom. The monoisotopic (exact) mass is 364 g/mol. The Morgan fingerprint density at radius 2 is 2.00 bits per heavy atom. The minimum Gasteiger partial charge on any atom is -0.497 e. The van der Waals surface area contributed by atoms with E-state index in [1.165, 1.54) is 12.1 Å². The van der Waals surface area contributed by atoms with Gasteiger partial charge in [0.2, 0.25) is 0 Å². The predicted molar refractivity (Wildman–Crippen MR) is 104 cm³/mol. The van der Waals surface area contributed by atoms with E-state index in [0.29, 0.717) is 16.9 Å². The van der Waals surface area contributed by atoms with Gasteiger partial charge in [-0.1, -0.05) is 31.2 Å². The van der Waals surface area contributed by atoms with Crippen LogP contribution in [-0.2, 0) is 22.6 Å². The summed E-state index contributed by atoms with van der Waals surface area (Å²) in [5.41, 5.74) is 2.55. The number of benzene rings is 2. The number of hydrogen-bond acceptors (Lipinski definition) is 5. The molecule has 0 aliphatic carbocycles. The van der Waals surface area contributed by atoms with Crippen LogP contribution < -0.4 is 10.4 Å². The Morgan fingerprint density at radius 1 is 1.15 bits per heavy atom. The molecule has 0 aliphatic rings. The third-order valence-corrected chi connectivity index (χ3v) is 4.18. The van der Waals surface area contributed by atoms with Crippen molar-refractivity contribution in [2.45, 2.75) is 20.0 Å². The molecule has 0 amide bonds. The zero-order valence-electron chi connectivity index (χ0n) is 15.2. The summed E-state index contributed by atoms with van der Waals surface area (Å²) in [6, 6.07) is 14.4. The summed E-state index contributed by atoms with van der Waals surface area (Å²) in [5, 5.41) is 0.761. The Kier molecular flexibility index (Phi) is 5.71. The lowest BCUT2D eigenvalue weighted by atomic mass is 10.1. The minimum absolute atomic E-state index is 0.00510. The van der Waals surface area contributed by atoms with Crippen molar-refractivity contribution < 1.29 is 18.7 Å². The molecule has 0 fully saturated rings. The van der Waals surface area contributed by atoms with Crippen LogP contribution in [0.4, 0.5) is 0 Å². The van der Waals surface area contributed by atoms with E-state index in [2.05, 4.69) is 0 Å². The molecule has 0 bridgehead atoms. The van der Waals surface area contributed by atoms with E-state index >= 15 is 0 Å². The van der Waals surface area contributed by atoms with E-state index in [1.54, 1.807) is 13.2 Å². The Balaban J connectivity index is 1.73. The predicted octanol–water partition coefficient (Wildman–Crippen LogP) is 4.12. The number of rotatable bonds is 6. The standard InChI is InChI=1S/C22H20O5/c1-3-15-7-9-19-17(13-22(24)27-20(19)12-15)14-26-21(23)10-8-16-5-4-6-18(11-16)25-2/h4-13H,3,14H2,1-2H3/b10-8+. The normalized spacial score (nSPS) is 11.0. The maximum Gasteiger partial charge on any atom is 0.336 e.